The zero-order chi connectivity index (χ0) is 13.1. The molecule has 18 heavy (non-hydrogen) atoms. The number of hydrogen-bond donors (Lipinski definition) is 1. The number of aliphatic hydroxyl groups is 1. The lowest BCUT2D eigenvalue weighted by molar-refractivity contribution is 0.215. The molecule has 1 atom stereocenters. The molecule has 1 N–H and O–H groups in total. The van der Waals surface area contributed by atoms with Crippen LogP contribution < -0.4 is 4.74 Å². The highest BCUT2D eigenvalue weighted by Crippen LogP contribution is 2.27. The van der Waals surface area contributed by atoms with E-state index >= 15 is 0 Å². The molecular formula is C14H12ClFO2. The van der Waals surface area contributed by atoms with Gasteiger partial charge in [-0.1, -0.05) is 23.7 Å². The molecule has 0 amide bonds. The number of hydrogen-bond acceptors (Lipinski definition) is 2. The smallest absolute Gasteiger partial charge is 0.129 e. The number of aliphatic hydroxyl groups excluding tert-OH is 1. The number of ether oxygens (including phenoxy) is 1. The summed E-state index contributed by atoms with van der Waals surface area (Å²) in [5, 5.41) is 10.5. The summed E-state index contributed by atoms with van der Waals surface area (Å²) in [4.78, 5) is 0. The molecule has 0 bridgehead atoms. The van der Waals surface area contributed by atoms with Crippen LogP contribution in [0.4, 0.5) is 4.39 Å². The first-order valence-electron chi connectivity index (χ1n) is 5.39. The van der Waals surface area contributed by atoms with E-state index in [2.05, 4.69) is 0 Å². The Labute approximate surface area is 110 Å². The first-order chi connectivity index (χ1) is 8.61. The van der Waals surface area contributed by atoms with Crippen LogP contribution in [0.25, 0.3) is 0 Å². The van der Waals surface area contributed by atoms with Gasteiger partial charge >= 0.3 is 0 Å². The van der Waals surface area contributed by atoms with E-state index in [9.17, 15) is 9.50 Å². The third-order valence-corrected chi connectivity index (χ3v) is 2.92. The van der Waals surface area contributed by atoms with E-state index in [1.165, 1.54) is 18.2 Å². The molecule has 0 spiro atoms. The summed E-state index contributed by atoms with van der Waals surface area (Å²) in [6.45, 7) is 0. The predicted octanol–water partition coefficient (Wildman–Crippen LogP) is 3.57. The summed E-state index contributed by atoms with van der Waals surface area (Å²) in [6.07, 6.45) is -1.05. The van der Waals surface area contributed by atoms with Crippen molar-refractivity contribution in [2.45, 2.75) is 6.10 Å². The molecule has 2 rings (SSSR count). The quantitative estimate of drug-likeness (QED) is 0.920. The molecule has 2 nitrogen and oxygen atoms in total. The minimum Gasteiger partial charge on any atom is -0.497 e. The van der Waals surface area contributed by atoms with Crippen LogP contribution in [0.3, 0.4) is 0 Å². The lowest BCUT2D eigenvalue weighted by Crippen LogP contribution is -2.02. The SMILES string of the molecule is COc1ccc(C(O)c2cc(Cl)ccc2F)cc1. The Morgan fingerprint density at radius 2 is 1.83 bits per heavy atom. The molecule has 2 aromatic carbocycles. The molecule has 0 radical (unpaired) electrons. The van der Waals surface area contributed by atoms with E-state index in [-0.39, 0.29) is 5.56 Å². The number of benzene rings is 2. The van der Waals surface area contributed by atoms with Gasteiger partial charge < -0.3 is 9.84 Å². The maximum Gasteiger partial charge on any atom is 0.129 e. The Balaban J connectivity index is 2.34. The van der Waals surface area contributed by atoms with E-state index in [0.717, 1.165) is 0 Å². The number of halogens is 2. The minimum absolute atomic E-state index is 0.160. The lowest BCUT2D eigenvalue weighted by Gasteiger charge is -2.13. The Bertz CT molecular complexity index is 540. The van der Waals surface area contributed by atoms with Crippen molar-refractivity contribution < 1.29 is 14.2 Å². The topological polar surface area (TPSA) is 29.5 Å². The maximum absolute atomic E-state index is 13.6. The van der Waals surface area contributed by atoms with Crippen molar-refractivity contribution in [2.24, 2.45) is 0 Å². The van der Waals surface area contributed by atoms with Gasteiger partial charge in [-0.05, 0) is 35.9 Å². The van der Waals surface area contributed by atoms with E-state index in [4.69, 9.17) is 16.3 Å². The molecule has 0 aliphatic carbocycles. The van der Waals surface area contributed by atoms with Crippen molar-refractivity contribution in [2.75, 3.05) is 7.11 Å². The second-order valence-corrected chi connectivity index (χ2v) is 4.28. The summed E-state index contributed by atoms with van der Waals surface area (Å²) in [5.41, 5.74) is 0.740. The third-order valence-electron chi connectivity index (χ3n) is 2.68. The van der Waals surface area contributed by atoms with Gasteiger partial charge in [0.2, 0.25) is 0 Å². The zero-order valence-electron chi connectivity index (χ0n) is 9.73. The molecule has 0 fully saturated rings. The zero-order valence-corrected chi connectivity index (χ0v) is 10.5. The van der Waals surface area contributed by atoms with Crippen LogP contribution in [-0.2, 0) is 0 Å². The Hall–Kier alpha value is -1.58. The van der Waals surface area contributed by atoms with Gasteiger partial charge in [-0.15, -0.1) is 0 Å². The first-order valence-corrected chi connectivity index (χ1v) is 5.76. The fourth-order valence-corrected chi connectivity index (χ4v) is 1.87. The van der Waals surface area contributed by atoms with Crippen molar-refractivity contribution >= 4 is 11.6 Å². The van der Waals surface area contributed by atoms with Crippen LogP contribution in [0.2, 0.25) is 5.02 Å². The van der Waals surface area contributed by atoms with Gasteiger partial charge in [0.1, 0.15) is 17.7 Å². The molecular weight excluding hydrogens is 255 g/mol. The summed E-state index contributed by atoms with van der Waals surface area (Å²) in [6, 6.07) is 10.9. The summed E-state index contributed by atoms with van der Waals surface area (Å²) >= 11 is 5.80. The van der Waals surface area contributed by atoms with Crippen LogP contribution in [0, 0.1) is 5.82 Å². The molecule has 0 heterocycles. The molecule has 0 aliphatic rings. The first kappa shape index (κ1) is 12.9. The van der Waals surface area contributed by atoms with Crippen molar-refractivity contribution in [3.8, 4) is 5.75 Å². The fraction of sp³-hybridized carbons (Fsp3) is 0.143. The van der Waals surface area contributed by atoms with Crippen molar-refractivity contribution in [1.29, 1.82) is 0 Å². The van der Waals surface area contributed by atoms with Crippen molar-refractivity contribution in [3.05, 3.63) is 64.4 Å². The number of methoxy groups -OCH3 is 1. The molecule has 0 saturated carbocycles. The van der Waals surface area contributed by atoms with Gasteiger partial charge in [-0.2, -0.15) is 0 Å². The van der Waals surface area contributed by atoms with E-state index in [1.807, 2.05) is 0 Å². The summed E-state index contributed by atoms with van der Waals surface area (Å²) in [7, 11) is 1.56. The van der Waals surface area contributed by atoms with Crippen molar-refractivity contribution in [3.63, 3.8) is 0 Å². The highest BCUT2D eigenvalue weighted by molar-refractivity contribution is 6.30. The molecule has 2 aromatic rings. The molecule has 0 saturated heterocycles. The molecule has 94 valence electrons. The van der Waals surface area contributed by atoms with Gasteiger partial charge in [-0.3, -0.25) is 0 Å². The fourth-order valence-electron chi connectivity index (χ4n) is 1.69. The van der Waals surface area contributed by atoms with Crippen LogP contribution >= 0.6 is 11.6 Å². The second kappa shape index (κ2) is 5.38. The monoisotopic (exact) mass is 266 g/mol. The van der Waals surface area contributed by atoms with Gasteiger partial charge in [0, 0.05) is 10.6 Å². The van der Waals surface area contributed by atoms with Crippen LogP contribution in [-0.4, -0.2) is 12.2 Å². The Morgan fingerprint density at radius 1 is 1.17 bits per heavy atom. The second-order valence-electron chi connectivity index (χ2n) is 3.84. The van der Waals surface area contributed by atoms with Gasteiger partial charge in [0.05, 0.1) is 7.11 Å². The van der Waals surface area contributed by atoms with Gasteiger partial charge in [0.25, 0.3) is 0 Å². The van der Waals surface area contributed by atoms with Gasteiger partial charge in [-0.25, -0.2) is 4.39 Å². The average Bonchev–Trinajstić information content (AvgIpc) is 2.41. The number of rotatable bonds is 3. The van der Waals surface area contributed by atoms with E-state index < -0.39 is 11.9 Å². The highest BCUT2D eigenvalue weighted by Gasteiger charge is 2.15. The lowest BCUT2D eigenvalue weighted by atomic mass is 10.0. The molecule has 0 aliphatic heterocycles. The Morgan fingerprint density at radius 3 is 2.44 bits per heavy atom. The molecule has 4 heteroatoms. The van der Waals surface area contributed by atoms with Crippen LogP contribution in [0.15, 0.2) is 42.5 Å². The van der Waals surface area contributed by atoms with E-state index in [0.29, 0.717) is 16.3 Å². The minimum atomic E-state index is -1.05. The third kappa shape index (κ3) is 2.63. The van der Waals surface area contributed by atoms with Gasteiger partial charge in [0.15, 0.2) is 0 Å². The molecule has 1 unspecified atom stereocenters. The normalized spacial score (nSPS) is 12.2. The highest BCUT2D eigenvalue weighted by atomic mass is 35.5. The Kier molecular flexibility index (Phi) is 3.84. The molecule has 0 aromatic heterocycles. The standard InChI is InChI=1S/C14H12ClFO2/c1-18-11-5-2-9(3-6-11)14(17)12-8-10(15)4-7-13(12)16/h2-8,14,17H,1H3. The van der Waals surface area contributed by atoms with Crippen LogP contribution in [0.5, 0.6) is 5.75 Å². The summed E-state index contributed by atoms with van der Waals surface area (Å²) < 4.78 is 18.6. The predicted molar refractivity (Wildman–Crippen MR) is 68.5 cm³/mol. The summed E-state index contributed by atoms with van der Waals surface area (Å²) in [5.74, 6) is 0.195. The average molecular weight is 267 g/mol. The largest absolute Gasteiger partial charge is 0.497 e. The van der Waals surface area contributed by atoms with E-state index in [1.54, 1.807) is 31.4 Å². The van der Waals surface area contributed by atoms with Crippen molar-refractivity contribution in [1.82, 2.24) is 0 Å². The maximum atomic E-state index is 13.6. The van der Waals surface area contributed by atoms with Crippen LogP contribution in [0.1, 0.15) is 17.2 Å².